The Morgan fingerprint density at radius 3 is 2.71 bits per heavy atom. The molecule has 0 radical (unpaired) electrons. The molecule has 0 aliphatic rings. The highest BCUT2D eigenvalue weighted by Crippen LogP contribution is 2.21. The minimum Gasteiger partial charge on any atom is -0.370 e. The van der Waals surface area contributed by atoms with Crippen molar-refractivity contribution in [1.82, 2.24) is 5.32 Å². The lowest BCUT2D eigenvalue weighted by atomic mass is 10.2. The largest absolute Gasteiger partial charge is 0.370 e. The van der Waals surface area contributed by atoms with Gasteiger partial charge in [-0.15, -0.1) is 24.0 Å². The Balaban J connectivity index is 0.00000256. The molecule has 3 nitrogen and oxygen atoms in total. The third kappa shape index (κ3) is 6.47. The second kappa shape index (κ2) is 8.16. The van der Waals surface area contributed by atoms with E-state index in [0.29, 0.717) is 17.5 Å². The highest BCUT2D eigenvalue weighted by Gasteiger charge is 2.01. The van der Waals surface area contributed by atoms with Crippen molar-refractivity contribution in [3.8, 4) is 0 Å². The van der Waals surface area contributed by atoms with Crippen LogP contribution in [0.25, 0.3) is 0 Å². The Morgan fingerprint density at radius 2 is 2.18 bits per heavy atom. The van der Waals surface area contributed by atoms with Crippen LogP contribution in [0.2, 0.25) is 5.02 Å². The number of hydrogen-bond donors (Lipinski definition) is 2. The summed E-state index contributed by atoms with van der Waals surface area (Å²) in [4.78, 5) is 4.21. The first-order valence-electron chi connectivity index (χ1n) is 4.99. The fourth-order valence-corrected chi connectivity index (χ4v) is 1.89. The minimum absolute atomic E-state index is 0. The molecule has 0 spiro atoms. The van der Waals surface area contributed by atoms with E-state index in [4.69, 9.17) is 17.3 Å². The van der Waals surface area contributed by atoms with Gasteiger partial charge in [0.05, 0.1) is 6.54 Å². The lowest BCUT2D eigenvalue weighted by Gasteiger charge is -2.08. The van der Waals surface area contributed by atoms with Crippen LogP contribution in [0, 0.1) is 0 Å². The lowest BCUT2D eigenvalue weighted by molar-refractivity contribution is 0.723. The summed E-state index contributed by atoms with van der Waals surface area (Å²) in [5.74, 6) is 0.439. The molecule has 0 aromatic heterocycles. The minimum atomic E-state index is 0. The molecule has 1 aromatic rings. The zero-order valence-corrected chi connectivity index (χ0v) is 14.4. The fraction of sp³-hybridized carbons (Fsp3) is 0.364. The van der Waals surface area contributed by atoms with E-state index in [-0.39, 0.29) is 30.0 Å². The van der Waals surface area contributed by atoms with Crippen molar-refractivity contribution in [1.29, 1.82) is 0 Å². The van der Waals surface area contributed by atoms with E-state index >= 15 is 0 Å². The smallest absolute Gasteiger partial charge is 0.189 e. The van der Waals surface area contributed by atoms with E-state index in [9.17, 15) is 0 Å². The molecule has 0 bridgehead atoms. The Labute approximate surface area is 132 Å². The van der Waals surface area contributed by atoms with Crippen molar-refractivity contribution in [2.24, 2.45) is 10.7 Å². The molecule has 0 aliphatic heterocycles. The third-order valence-corrected chi connectivity index (χ3v) is 2.72. The van der Waals surface area contributed by atoms with Gasteiger partial charge in [0.15, 0.2) is 5.96 Å². The first-order chi connectivity index (χ1) is 7.49. The third-order valence-electron chi connectivity index (χ3n) is 1.87. The van der Waals surface area contributed by atoms with Crippen molar-refractivity contribution >= 4 is 57.5 Å². The SMILES string of the molecule is CC(C)NC(N)=NCc1ccc(Br)cc1Cl.I. The van der Waals surface area contributed by atoms with Gasteiger partial charge in [0.1, 0.15) is 0 Å². The van der Waals surface area contributed by atoms with E-state index in [1.54, 1.807) is 0 Å². The van der Waals surface area contributed by atoms with Crippen LogP contribution in [0.5, 0.6) is 0 Å². The molecule has 0 saturated heterocycles. The van der Waals surface area contributed by atoms with Gasteiger partial charge in [0.2, 0.25) is 0 Å². The number of nitrogens with zero attached hydrogens (tertiary/aromatic N) is 1. The average molecular weight is 433 g/mol. The van der Waals surface area contributed by atoms with E-state index < -0.39 is 0 Å². The van der Waals surface area contributed by atoms with Gasteiger partial charge in [0, 0.05) is 15.5 Å². The summed E-state index contributed by atoms with van der Waals surface area (Å²) >= 11 is 9.41. The molecule has 0 heterocycles. The maximum Gasteiger partial charge on any atom is 0.189 e. The van der Waals surface area contributed by atoms with Gasteiger partial charge < -0.3 is 11.1 Å². The highest BCUT2D eigenvalue weighted by molar-refractivity contribution is 14.0. The van der Waals surface area contributed by atoms with Crippen LogP contribution in [0.1, 0.15) is 19.4 Å². The molecule has 0 amide bonds. The van der Waals surface area contributed by atoms with Crippen molar-refractivity contribution in [3.05, 3.63) is 33.3 Å². The first kappa shape index (κ1) is 17.0. The zero-order valence-electron chi connectivity index (χ0n) is 9.71. The summed E-state index contributed by atoms with van der Waals surface area (Å²) in [5, 5.41) is 3.71. The monoisotopic (exact) mass is 431 g/mol. The van der Waals surface area contributed by atoms with Gasteiger partial charge in [-0.2, -0.15) is 0 Å². The topological polar surface area (TPSA) is 50.4 Å². The molecule has 0 fully saturated rings. The predicted octanol–water partition coefficient (Wildman–Crippen LogP) is 3.53. The molecular weight excluding hydrogens is 416 g/mol. The second-order valence-corrected chi connectivity index (χ2v) is 5.06. The Morgan fingerprint density at radius 1 is 1.53 bits per heavy atom. The number of benzene rings is 1. The van der Waals surface area contributed by atoms with Gasteiger partial charge in [-0.1, -0.05) is 33.6 Å². The molecule has 0 aliphatic carbocycles. The summed E-state index contributed by atoms with van der Waals surface area (Å²) in [7, 11) is 0. The van der Waals surface area contributed by atoms with Gasteiger partial charge in [-0.05, 0) is 31.5 Å². The molecular formula is C11H16BrClIN3. The molecule has 1 aromatic carbocycles. The number of halogens is 3. The van der Waals surface area contributed by atoms with Gasteiger partial charge >= 0.3 is 0 Å². The van der Waals surface area contributed by atoms with Gasteiger partial charge in [-0.3, -0.25) is 0 Å². The first-order valence-corrected chi connectivity index (χ1v) is 6.16. The van der Waals surface area contributed by atoms with Crippen LogP contribution < -0.4 is 11.1 Å². The molecule has 17 heavy (non-hydrogen) atoms. The molecule has 6 heteroatoms. The van der Waals surface area contributed by atoms with Crippen LogP contribution in [0.3, 0.4) is 0 Å². The van der Waals surface area contributed by atoms with E-state index in [1.807, 2.05) is 32.0 Å². The molecule has 96 valence electrons. The fourth-order valence-electron chi connectivity index (χ4n) is 1.16. The summed E-state index contributed by atoms with van der Waals surface area (Å²) < 4.78 is 0.957. The van der Waals surface area contributed by atoms with Crippen LogP contribution in [-0.4, -0.2) is 12.0 Å². The van der Waals surface area contributed by atoms with E-state index in [0.717, 1.165) is 10.0 Å². The summed E-state index contributed by atoms with van der Waals surface area (Å²) in [6.07, 6.45) is 0. The maximum absolute atomic E-state index is 6.06. The number of guanidine groups is 1. The van der Waals surface area contributed by atoms with E-state index in [2.05, 4.69) is 26.2 Å². The molecule has 3 N–H and O–H groups in total. The van der Waals surface area contributed by atoms with Gasteiger partial charge in [0.25, 0.3) is 0 Å². The van der Waals surface area contributed by atoms with Crippen LogP contribution in [0.15, 0.2) is 27.7 Å². The number of nitrogens with two attached hydrogens (primary N) is 1. The van der Waals surface area contributed by atoms with Crippen molar-refractivity contribution in [3.63, 3.8) is 0 Å². The summed E-state index contributed by atoms with van der Waals surface area (Å²) in [6.45, 7) is 4.50. The number of rotatable bonds is 3. The quantitative estimate of drug-likeness (QED) is 0.436. The van der Waals surface area contributed by atoms with Crippen molar-refractivity contribution < 1.29 is 0 Å². The van der Waals surface area contributed by atoms with Crippen molar-refractivity contribution in [2.75, 3.05) is 0 Å². The zero-order chi connectivity index (χ0) is 12.1. The molecule has 0 saturated carbocycles. The summed E-state index contributed by atoms with van der Waals surface area (Å²) in [5.41, 5.74) is 6.65. The molecule has 0 unspecified atom stereocenters. The number of aliphatic imine (C=N–C) groups is 1. The highest BCUT2D eigenvalue weighted by atomic mass is 127. The Bertz CT molecular complexity index is 396. The van der Waals surface area contributed by atoms with Crippen LogP contribution in [0.4, 0.5) is 0 Å². The normalized spacial score (nSPS) is 11.2. The lowest BCUT2D eigenvalue weighted by Crippen LogP contribution is -2.36. The average Bonchev–Trinajstić information content (AvgIpc) is 2.15. The van der Waals surface area contributed by atoms with Crippen molar-refractivity contribution in [2.45, 2.75) is 26.4 Å². The summed E-state index contributed by atoms with van der Waals surface area (Å²) in [6, 6.07) is 5.99. The Kier molecular flexibility index (Phi) is 8.15. The van der Waals surface area contributed by atoms with Gasteiger partial charge in [-0.25, -0.2) is 4.99 Å². The van der Waals surface area contributed by atoms with Crippen LogP contribution >= 0.6 is 51.5 Å². The Hall–Kier alpha value is -0.0100. The van der Waals surface area contributed by atoms with Crippen LogP contribution in [-0.2, 0) is 6.54 Å². The predicted molar refractivity (Wildman–Crippen MR) is 88.2 cm³/mol. The molecule has 1 rings (SSSR count). The number of nitrogens with one attached hydrogen (secondary N) is 1. The molecule has 0 atom stereocenters. The van der Waals surface area contributed by atoms with E-state index in [1.165, 1.54) is 0 Å². The number of hydrogen-bond acceptors (Lipinski definition) is 1. The maximum atomic E-state index is 6.06. The second-order valence-electron chi connectivity index (χ2n) is 3.74. The standard InChI is InChI=1S/C11H15BrClN3.HI/c1-7(2)16-11(14)15-6-8-3-4-9(12)5-10(8)13;/h3-5,7H,6H2,1-2H3,(H3,14,15,16);1H.